The van der Waals surface area contributed by atoms with Gasteiger partial charge in [-0.3, -0.25) is 14.2 Å². The van der Waals surface area contributed by atoms with Gasteiger partial charge in [-0.05, 0) is 26.3 Å². The summed E-state index contributed by atoms with van der Waals surface area (Å²) in [6.45, 7) is 6.47. The minimum absolute atomic E-state index is 0.163. The zero-order valence-electron chi connectivity index (χ0n) is 19.1. The van der Waals surface area contributed by atoms with Crippen LogP contribution >= 0.6 is 0 Å². The molecule has 0 spiro atoms. The van der Waals surface area contributed by atoms with E-state index in [1.54, 1.807) is 32.9 Å². The van der Waals surface area contributed by atoms with Crippen LogP contribution < -0.4 is 15.0 Å². The van der Waals surface area contributed by atoms with Crippen LogP contribution in [0.2, 0.25) is 0 Å². The minimum atomic E-state index is -0.671. The molecule has 4 rings (SSSR count). The van der Waals surface area contributed by atoms with Crippen molar-refractivity contribution in [1.29, 1.82) is 0 Å². The van der Waals surface area contributed by atoms with Crippen molar-refractivity contribution >= 4 is 16.9 Å². The highest BCUT2D eigenvalue weighted by atomic mass is 16.6. The predicted octanol–water partition coefficient (Wildman–Crippen LogP) is 3.69. The highest BCUT2D eigenvalue weighted by Gasteiger charge is 2.24. The molecule has 1 saturated heterocycles. The van der Waals surface area contributed by atoms with E-state index in [0.717, 1.165) is 12.0 Å². The molecule has 33 heavy (non-hydrogen) atoms. The van der Waals surface area contributed by atoms with Crippen molar-refractivity contribution in [2.45, 2.75) is 46.6 Å². The number of nitrogens with zero attached hydrogens (tertiary/aromatic N) is 2. The van der Waals surface area contributed by atoms with E-state index < -0.39 is 11.4 Å². The van der Waals surface area contributed by atoms with Crippen LogP contribution in [-0.4, -0.2) is 34.8 Å². The van der Waals surface area contributed by atoms with Crippen molar-refractivity contribution in [3.05, 3.63) is 64.7 Å². The fourth-order valence-corrected chi connectivity index (χ4v) is 3.36. The second-order valence-electron chi connectivity index (χ2n) is 9.02. The zero-order chi connectivity index (χ0) is 23.4. The van der Waals surface area contributed by atoms with Crippen molar-refractivity contribution in [2.75, 3.05) is 13.2 Å². The SMILES string of the molecule is CC(C)(C)C(=O)OCn1cnc2cc(OCc3ccccc3)cc(OC3CCOC3)c2c1=O. The molecule has 0 saturated carbocycles. The summed E-state index contributed by atoms with van der Waals surface area (Å²) < 4.78 is 24.1. The van der Waals surface area contributed by atoms with Crippen molar-refractivity contribution in [1.82, 2.24) is 9.55 Å². The standard InChI is InChI=1S/C25H28N2O6/c1-25(2,3)24(29)32-16-27-15-26-20-11-19(31-13-17-7-5-4-6-8-17)12-21(22(20)23(27)28)33-18-9-10-30-14-18/h4-8,11-12,15,18H,9-10,13-14,16H2,1-3H3. The van der Waals surface area contributed by atoms with Gasteiger partial charge in [-0.2, -0.15) is 0 Å². The van der Waals surface area contributed by atoms with Crippen LogP contribution in [0.3, 0.4) is 0 Å². The Morgan fingerprint density at radius 2 is 2.00 bits per heavy atom. The summed E-state index contributed by atoms with van der Waals surface area (Å²) in [5.41, 5.74) is 0.437. The first kappa shape index (κ1) is 22.8. The number of aromatic nitrogens is 2. The van der Waals surface area contributed by atoms with Gasteiger partial charge in [-0.25, -0.2) is 4.98 Å². The summed E-state index contributed by atoms with van der Waals surface area (Å²) >= 11 is 0. The van der Waals surface area contributed by atoms with Crippen LogP contribution in [0.15, 0.2) is 53.6 Å². The zero-order valence-corrected chi connectivity index (χ0v) is 19.1. The normalized spacial score (nSPS) is 16.0. The largest absolute Gasteiger partial charge is 0.489 e. The first-order chi connectivity index (χ1) is 15.8. The lowest BCUT2D eigenvalue weighted by Gasteiger charge is -2.18. The van der Waals surface area contributed by atoms with E-state index in [9.17, 15) is 9.59 Å². The number of fused-ring (bicyclic) bond motifs is 1. The van der Waals surface area contributed by atoms with Gasteiger partial charge in [0.25, 0.3) is 5.56 Å². The maximum Gasteiger partial charge on any atom is 0.312 e. The van der Waals surface area contributed by atoms with Crippen LogP contribution in [0.4, 0.5) is 0 Å². The molecule has 1 aromatic heterocycles. The molecule has 174 valence electrons. The van der Waals surface area contributed by atoms with Crippen LogP contribution in [-0.2, 0) is 27.6 Å². The lowest BCUT2D eigenvalue weighted by molar-refractivity contribution is -0.157. The van der Waals surface area contributed by atoms with E-state index in [2.05, 4.69) is 4.98 Å². The number of benzene rings is 2. The summed E-state index contributed by atoms with van der Waals surface area (Å²) in [6, 6.07) is 13.2. The summed E-state index contributed by atoms with van der Waals surface area (Å²) in [4.78, 5) is 29.8. The Balaban J connectivity index is 1.65. The van der Waals surface area contributed by atoms with Gasteiger partial charge >= 0.3 is 5.97 Å². The molecule has 1 unspecified atom stereocenters. The molecule has 1 fully saturated rings. The maximum absolute atomic E-state index is 13.3. The van der Waals surface area contributed by atoms with Gasteiger partial charge in [-0.15, -0.1) is 0 Å². The third kappa shape index (κ3) is 5.51. The number of hydrogen-bond donors (Lipinski definition) is 0. The van der Waals surface area contributed by atoms with Gasteiger partial charge in [0.05, 0.1) is 24.1 Å². The summed E-state index contributed by atoms with van der Waals surface area (Å²) in [5, 5.41) is 0.309. The molecule has 8 heteroatoms. The van der Waals surface area contributed by atoms with E-state index in [1.165, 1.54) is 10.9 Å². The van der Waals surface area contributed by atoms with Crippen LogP contribution in [0.25, 0.3) is 10.9 Å². The summed E-state index contributed by atoms with van der Waals surface area (Å²) in [7, 11) is 0. The first-order valence-corrected chi connectivity index (χ1v) is 10.9. The molecule has 1 atom stereocenters. The molecular formula is C25H28N2O6. The average Bonchev–Trinajstić information content (AvgIpc) is 3.30. The number of carbonyl (C=O) groups excluding carboxylic acids is 1. The second kappa shape index (κ2) is 9.62. The minimum Gasteiger partial charge on any atom is -0.489 e. The third-order valence-corrected chi connectivity index (χ3v) is 5.24. The number of ether oxygens (including phenoxy) is 4. The monoisotopic (exact) mass is 452 g/mol. The Morgan fingerprint density at radius 1 is 1.21 bits per heavy atom. The first-order valence-electron chi connectivity index (χ1n) is 10.9. The van der Waals surface area contributed by atoms with Gasteiger partial charge in [0.1, 0.15) is 35.9 Å². The molecule has 0 N–H and O–H groups in total. The number of rotatable bonds is 7. The second-order valence-corrected chi connectivity index (χ2v) is 9.02. The summed E-state index contributed by atoms with van der Waals surface area (Å²) in [6.07, 6.45) is 1.93. The number of esters is 1. The lowest BCUT2D eigenvalue weighted by atomic mass is 9.98. The van der Waals surface area contributed by atoms with E-state index in [1.807, 2.05) is 30.3 Å². The Bertz CT molecular complexity index is 1180. The van der Waals surface area contributed by atoms with E-state index in [4.69, 9.17) is 18.9 Å². The van der Waals surface area contributed by atoms with Crippen molar-refractivity contribution in [2.24, 2.45) is 5.41 Å². The molecule has 2 aromatic carbocycles. The Labute approximate surface area is 192 Å². The fourth-order valence-electron chi connectivity index (χ4n) is 3.36. The molecule has 1 aliphatic rings. The van der Waals surface area contributed by atoms with E-state index in [-0.39, 0.29) is 18.4 Å². The van der Waals surface area contributed by atoms with Crippen molar-refractivity contribution < 1.29 is 23.7 Å². The van der Waals surface area contributed by atoms with Gasteiger partial charge < -0.3 is 18.9 Å². The highest BCUT2D eigenvalue weighted by molar-refractivity contribution is 5.85. The van der Waals surface area contributed by atoms with Crippen LogP contribution in [0.5, 0.6) is 11.5 Å². The molecule has 3 aromatic rings. The van der Waals surface area contributed by atoms with Crippen LogP contribution in [0.1, 0.15) is 32.8 Å². The van der Waals surface area contributed by atoms with Crippen molar-refractivity contribution in [3.8, 4) is 11.5 Å². The van der Waals surface area contributed by atoms with E-state index >= 15 is 0 Å². The Morgan fingerprint density at radius 3 is 2.70 bits per heavy atom. The maximum atomic E-state index is 13.3. The van der Waals surface area contributed by atoms with E-state index in [0.29, 0.717) is 42.2 Å². The highest BCUT2D eigenvalue weighted by Crippen LogP contribution is 2.30. The molecule has 0 aliphatic carbocycles. The van der Waals surface area contributed by atoms with Gasteiger partial charge in [0.2, 0.25) is 0 Å². The van der Waals surface area contributed by atoms with Gasteiger partial charge in [0, 0.05) is 18.6 Å². The smallest absolute Gasteiger partial charge is 0.312 e. The third-order valence-electron chi connectivity index (χ3n) is 5.24. The molecule has 2 heterocycles. The topological polar surface area (TPSA) is 88.9 Å². The quantitative estimate of drug-likeness (QED) is 0.505. The average molecular weight is 453 g/mol. The Hall–Kier alpha value is -3.39. The molecule has 0 radical (unpaired) electrons. The lowest BCUT2D eigenvalue weighted by Crippen LogP contribution is -2.28. The molecule has 8 nitrogen and oxygen atoms in total. The van der Waals surface area contributed by atoms with Gasteiger partial charge in [0.15, 0.2) is 6.73 Å². The molecular weight excluding hydrogens is 424 g/mol. The fraction of sp³-hybridized carbons (Fsp3) is 0.400. The van der Waals surface area contributed by atoms with Crippen molar-refractivity contribution in [3.63, 3.8) is 0 Å². The number of hydrogen-bond acceptors (Lipinski definition) is 7. The molecule has 0 amide bonds. The molecule has 1 aliphatic heterocycles. The number of carbonyl (C=O) groups is 1. The Kier molecular flexibility index (Phi) is 6.65. The molecule has 0 bridgehead atoms. The van der Waals surface area contributed by atoms with Crippen LogP contribution in [0, 0.1) is 5.41 Å². The van der Waals surface area contributed by atoms with Gasteiger partial charge in [-0.1, -0.05) is 30.3 Å². The predicted molar refractivity (Wildman–Crippen MR) is 122 cm³/mol. The summed E-state index contributed by atoms with van der Waals surface area (Å²) in [5.74, 6) is 0.517.